The van der Waals surface area contributed by atoms with Crippen LogP contribution in [0, 0.1) is 6.92 Å². The van der Waals surface area contributed by atoms with Crippen molar-refractivity contribution in [3.8, 4) is 5.75 Å². The zero-order chi connectivity index (χ0) is 14.3. The van der Waals surface area contributed by atoms with Gasteiger partial charge in [0.1, 0.15) is 12.4 Å². The summed E-state index contributed by atoms with van der Waals surface area (Å²) in [6.45, 7) is 3.92. The van der Waals surface area contributed by atoms with E-state index in [0.717, 1.165) is 11.3 Å². The Morgan fingerprint density at radius 2 is 1.84 bits per heavy atom. The van der Waals surface area contributed by atoms with Crippen LogP contribution < -0.4 is 10.1 Å². The topological polar surface area (TPSA) is 30.5 Å². The van der Waals surface area contributed by atoms with Gasteiger partial charge in [-0.2, -0.15) is 0 Å². The number of alkyl halides is 3. The van der Waals surface area contributed by atoms with Crippen LogP contribution in [0.1, 0.15) is 12.5 Å². The van der Waals surface area contributed by atoms with Crippen LogP contribution in [0.25, 0.3) is 0 Å². The zero-order valence-electron chi connectivity index (χ0n) is 11.0. The lowest BCUT2D eigenvalue weighted by molar-refractivity contribution is -0.323. The molecule has 0 aliphatic carbocycles. The van der Waals surface area contributed by atoms with Gasteiger partial charge in [-0.15, -0.1) is 13.2 Å². The predicted molar refractivity (Wildman–Crippen MR) is 66.1 cm³/mol. The van der Waals surface area contributed by atoms with Crippen LogP contribution in [0.15, 0.2) is 24.3 Å². The molecule has 19 heavy (non-hydrogen) atoms. The van der Waals surface area contributed by atoms with Gasteiger partial charge in [0, 0.05) is 12.6 Å². The summed E-state index contributed by atoms with van der Waals surface area (Å²) < 4.78 is 44.3. The molecule has 1 unspecified atom stereocenters. The lowest BCUT2D eigenvalue weighted by atomic mass is 10.2. The van der Waals surface area contributed by atoms with Crippen LogP contribution in [0.4, 0.5) is 13.2 Å². The second-order valence-electron chi connectivity index (χ2n) is 4.27. The molecular formula is C13H18F3NO2. The Labute approximate surface area is 110 Å². The zero-order valence-corrected chi connectivity index (χ0v) is 11.0. The van der Waals surface area contributed by atoms with Gasteiger partial charge in [-0.1, -0.05) is 17.7 Å². The first-order chi connectivity index (χ1) is 8.87. The van der Waals surface area contributed by atoms with Crippen LogP contribution in [-0.4, -0.2) is 32.2 Å². The average molecular weight is 277 g/mol. The molecule has 0 bridgehead atoms. The van der Waals surface area contributed by atoms with Gasteiger partial charge < -0.3 is 10.1 Å². The average Bonchev–Trinajstić information content (AvgIpc) is 2.33. The minimum atomic E-state index is -4.57. The fraction of sp³-hybridized carbons (Fsp3) is 0.538. The highest BCUT2D eigenvalue weighted by Crippen LogP contribution is 2.15. The molecule has 3 nitrogen and oxygen atoms in total. The summed E-state index contributed by atoms with van der Waals surface area (Å²) >= 11 is 0. The van der Waals surface area contributed by atoms with E-state index in [2.05, 4.69) is 10.1 Å². The van der Waals surface area contributed by atoms with E-state index in [1.165, 1.54) is 0 Å². The van der Waals surface area contributed by atoms with Crippen molar-refractivity contribution >= 4 is 0 Å². The summed E-state index contributed by atoms with van der Waals surface area (Å²) in [5, 5.41) is 2.89. The second kappa shape index (κ2) is 7.35. The fourth-order valence-electron chi connectivity index (χ4n) is 1.39. The lowest BCUT2D eigenvalue weighted by Gasteiger charge is -2.15. The van der Waals surface area contributed by atoms with Gasteiger partial charge >= 0.3 is 6.36 Å². The minimum Gasteiger partial charge on any atom is -0.492 e. The van der Waals surface area contributed by atoms with E-state index >= 15 is 0 Å². The van der Waals surface area contributed by atoms with Crippen LogP contribution in [0.3, 0.4) is 0 Å². The van der Waals surface area contributed by atoms with Crippen LogP contribution >= 0.6 is 0 Å². The van der Waals surface area contributed by atoms with Crippen molar-refractivity contribution in [3.63, 3.8) is 0 Å². The Kier molecular flexibility index (Phi) is 6.11. The molecule has 1 rings (SSSR count). The largest absolute Gasteiger partial charge is 0.522 e. The Bertz CT molecular complexity index is 365. The van der Waals surface area contributed by atoms with Crippen LogP contribution in [0.2, 0.25) is 0 Å². The van der Waals surface area contributed by atoms with Gasteiger partial charge in [-0.3, -0.25) is 4.74 Å². The van der Waals surface area contributed by atoms with E-state index in [9.17, 15) is 13.2 Å². The van der Waals surface area contributed by atoms with Crippen LogP contribution in [-0.2, 0) is 4.74 Å². The summed E-state index contributed by atoms with van der Waals surface area (Å²) in [5.74, 6) is 0.741. The molecule has 1 N–H and O–H groups in total. The molecule has 1 aromatic rings. The molecule has 0 fully saturated rings. The first kappa shape index (κ1) is 15.8. The molecule has 108 valence electrons. The monoisotopic (exact) mass is 277 g/mol. The molecule has 0 aliphatic rings. The molecule has 0 radical (unpaired) electrons. The number of rotatable bonds is 7. The molecule has 6 heteroatoms. The normalized spacial score (nSPS) is 13.3. The van der Waals surface area contributed by atoms with Crippen molar-refractivity contribution in [2.75, 3.05) is 19.8 Å². The lowest BCUT2D eigenvalue weighted by Crippen LogP contribution is -2.35. The third-order valence-corrected chi connectivity index (χ3v) is 2.38. The maximum Gasteiger partial charge on any atom is 0.522 e. The second-order valence-corrected chi connectivity index (χ2v) is 4.27. The summed E-state index contributed by atoms with van der Waals surface area (Å²) in [6, 6.07) is 7.52. The van der Waals surface area contributed by atoms with Gasteiger partial charge in [-0.05, 0) is 26.0 Å². The highest BCUT2D eigenvalue weighted by molar-refractivity contribution is 5.26. The van der Waals surface area contributed by atoms with Gasteiger partial charge in [0.15, 0.2) is 0 Å². The number of nitrogens with one attached hydrogen (secondary N) is 1. The molecule has 0 saturated heterocycles. The van der Waals surface area contributed by atoms with Gasteiger partial charge in [-0.25, -0.2) is 0 Å². The number of ether oxygens (including phenoxy) is 2. The Morgan fingerprint density at radius 1 is 1.21 bits per heavy atom. The van der Waals surface area contributed by atoms with E-state index in [4.69, 9.17) is 4.74 Å². The third-order valence-electron chi connectivity index (χ3n) is 2.38. The van der Waals surface area contributed by atoms with Crippen molar-refractivity contribution < 1.29 is 22.6 Å². The van der Waals surface area contributed by atoms with Crippen molar-refractivity contribution in [3.05, 3.63) is 29.8 Å². The van der Waals surface area contributed by atoms with E-state index in [-0.39, 0.29) is 12.6 Å². The van der Waals surface area contributed by atoms with E-state index in [0.29, 0.717) is 6.61 Å². The fourth-order valence-corrected chi connectivity index (χ4v) is 1.39. The SMILES string of the molecule is Cc1ccc(OCC(C)NCCOC(F)(F)F)cc1. The molecule has 1 aromatic carbocycles. The summed E-state index contributed by atoms with van der Waals surface area (Å²) in [7, 11) is 0. The summed E-state index contributed by atoms with van der Waals surface area (Å²) in [4.78, 5) is 0. The van der Waals surface area contributed by atoms with Gasteiger partial charge in [0.05, 0.1) is 6.61 Å². The quantitative estimate of drug-likeness (QED) is 0.777. The number of hydrogen-bond donors (Lipinski definition) is 1. The standard InChI is InChI=1S/C13H18F3NO2/c1-10-3-5-12(6-4-10)18-9-11(2)17-7-8-19-13(14,15)16/h3-6,11,17H,7-9H2,1-2H3. The first-order valence-electron chi connectivity index (χ1n) is 6.00. The van der Waals surface area contributed by atoms with Gasteiger partial charge in [0.2, 0.25) is 0 Å². The number of benzene rings is 1. The van der Waals surface area contributed by atoms with Gasteiger partial charge in [0.25, 0.3) is 0 Å². The molecule has 0 aliphatic heterocycles. The Morgan fingerprint density at radius 3 is 2.42 bits per heavy atom. The smallest absolute Gasteiger partial charge is 0.492 e. The summed E-state index contributed by atoms with van der Waals surface area (Å²) in [6.07, 6.45) is -4.57. The summed E-state index contributed by atoms with van der Waals surface area (Å²) in [5.41, 5.74) is 1.14. The first-order valence-corrected chi connectivity index (χ1v) is 6.00. The maximum atomic E-state index is 11.7. The Hall–Kier alpha value is -1.27. The molecule has 0 aromatic heterocycles. The molecule has 0 spiro atoms. The van der Waals surface area contributed by atoms with E-state index < -0.39 is 13.0 Å². The molecular weight excluding hydrogens is 259 g/mol. The highest BCUT2D eigenvalue weighted by atomic mass is 19.4. The van der Waals surface area contributed by atoms with Crippen molar-refractivity contribution in [2.45, 2.75) is 26.3 Å². The van der Waals surface area contributed by atoms with Crippen LogP contribution in [0.5, 0.6) is 5.75 Å². The maximum absolute atomic E-state index is 11.7. The van der Waals surface area contributed by atoms with Crippen molar-refractivity contribution in [1.29, 1.82) is 0 Å². The molecule has 0 saturated carbocycles. The molecule has 0 heterocycles. The highest BCUT2D eigenvalue weighted by Gasteiger charge is 2.28. The van der Waals surface area contributed by atoms with Crippen molar-refractivity contribution in [2.24, 2.45) is 0 Å². The number of aryl methyl sites for hydroxylation is 1. The predicted octanol–water partition coefficient (Wildman–Crippen LogP) is 2.89. The number of halogens is 3. The molecule has 0 amide bonds. The molecule has 1 atom stereocenters. The third kappa shape index (κ3) is 7.69. The van der Waals surface area contributed by atoms with E-state index in [1.807, 2.05) is 38.1 Å². The number of hydrogen-bond acceptors (Lipinski definition) is 3. The Balaban J connectivity index is 2.14. The minimum absolute atomic E-state index is 0.0573. The van der Waals surface area contributed by atoms with E-state index in [1.54, 1.807) is 0 Å². The van der Waals surface area contributed by atoms with Crippen molar-refractivity contribution in [1.82, 2.24) is 5.32 Å².